The van der Waals surface area contributed by atoms with Crippen molar-refractivity contribution in [3.8, 4) is 0 Å². The van der Waals surface area contributed by atoms with Crippen molar-refractivity contribution in [3.63, 3.8) is 0 Å². The van der Waals surface area contributed by atoms with Gasteiger partial charge in [-0.05, 0) is 60.6 Å². The van der Waals surface area contributed by atoms with Crippen LogP contribution in [0.5, 0.6) is 0 Å². The highest BCUT2D eigenvalue weighted by Crippen LogP contribution is 2.53. The summed E-state index contributed by atoms with van der Waals surface area (Å²) in [6.07, 6.45) is 5.35. The van der Waals surface area contributed by atoms with Gasteiger partial charge in [0.1, 0.15) is 5.69 Å². The molecule has 1 heterocycles. The van der Waals surface area contributed by atoms with Crippen LogP contribution in [-0.4, -0.2) is 4.92 Å². The summed E-state index contributed by atoms with van der Waals surface area (Å²) in [5, 5.41) is 15.8. The third kappa shape index (κ3) is 2.52. The van der Waals surface area contributed by atoms with Gasteiger partial charge in [-0.25, -0.2) is 0 Å². The first kappa shape index (κ1) is 16.2. The van der Waals surface area contributed by atoms with Crippen LogP contribution < -0.4 is 5.32 Å². The van der Waals surface area contributed by atoms with E-state index >= 15 is 0 Å². The Morgan fingerprint density at radius 3 is 2.80 bits per heavy atom. The summed E-state index contributed by atoms with van der Waals surface area (Å²) in [4.78, 5) is 11.4. The Morgan fingerprint density at radius 2 is 2.08 bits per heavy atom. The van der Waals surface area contributed by atoms with E-state index in [4.69, 9.17) is 11.6 Å². The van der Waals surface area contributed by atoms with Crippen molar-refractivity contribution in [1.82, 2.24) is 0 Å². The predicted octanol–water partition coefficient (Wildman–Crippen LogP) is 5.69. The maximum Gasteiger partial charge on any atom is 0.292 e. The van der Waals surface area contributed by atoms with Crippen LogP contribution in [0.15, 0.2) is 42.5 Å². The molecule has 0 saturated carbocycles. The molecule has 0 amide bonds. The van der Waals surface area contributed by atoms with E-state index in [9.17, 15) is 10.1 Å². The maximum atomic E-state index is 11.7. The molecule has 0 aromatic heterocycles. The van der Waals surface area contributed by atoms with Crippen LogP contribution in [0, 0.1) is 29.9 Å². The van der Waals surface area contributed by atoms with Gasteiger partial charge in [-0.3, -0.25) is 10.1 Å². The summed E-state index contributed by atoms with van der Waals surface area (Å²) < 4.78 is 0. The lowest BCUT2D eigenvalue weighted by atomic mass is 9.74. The number of allylic oxidation sites excluding steroid dienone is 2. The van der Waals surface area contributed by atoms with Crippen LogP contribution in [0.2, 0.25) is 5.02 Å². The zero-order valence-corrected chi connectivity index (χ0v) is 14.9. The van der Waals surface area contributed by atoms with Gasteiger partial charge in [0, 0.05) is 17.0 Å². The normalized spacial score (nSPS) is 23.7. The van der Waals surface area contributed by atoms with Crippen LogP contribution in [0.1, 0.15) is 40.6 Å². The number of rotatable bonds is 2. The Balaban J connectivity index is 1.92. The van der Waals surface area contributed by atoms with Gasteiger partial charge < -0.3 is 5.32 Å². The number of nitro groups is 1. The average molecular weight is 355 g/mol. The van der Waals surface area contributed by atoms with E-state index in [0.29, 0.717) is 16.6 Å². The fourth-order valence-corrected chi connectivity index (χ4v) is 4.45. The fraction of sp³-hybridized carbons (Fsp3) is 0.300. The standard InChI is InChI=1S/C20H19ClN2O2/c1-11-9-17(23(24)25)20-18(12(11)2)15-7-4-8-16(15)19(22-20)13-5-3-6-14(21)10-13/h3-7,9-10,15-16,19,22H,8H2,1-2H3/t15-,16-,19-/m1/s1. The molecule has 0 unspecified atom stereocenters. The second-order valence-corrected chi connectivity index (χ2v) is 7.35. The molecule has 0 bridgehead atoms. The summed E-state index contributed by atoms with van der Waals surface area (Å²) in [7, 11) is 0. The zero-order chi connectivity index (χ0) is 17.7. The van der Waals surface area contributed by atoms with Gasteiger partial charge in [0.15, 0.2) is 0 Å². The summed E-state index contributed by atoms with van der Waals surface area (Å²) in [5.41, 5.74) is 5.06. The molecule has 0 saturated heterocycles. The maximum absolute atomic E-state index is 11.7. The molecule has 5 heteroatoms. The Bertz CT molecular complexity index is 907. The number of aryl methyl sites for hydroxylation is 1. The summed E-state index contributed by atoms with van der Waals surface area (Å²) in [6, 6.07) is 9.45. The minimum absolute atomic E-state index is 0.00649. The lowest BCUT2D eigenvalue weighted by Crippen LogP contribution is -2.30. The Hall–Kier alpha value is -2.33. The number of fused-ring (bicyclic) bond motifs is 3. The van der Waals surface area contributed by atoms with Crippen molar-refractivity contribution in [3.05, 3.63) is 79.9 Å². The Morgan fingerprint density at radius 1 is 1.28 bits per heavy atom. The molecule has 2 aromatic carbocycles. The second kappa shape index (κ2) is 5.88. The van der Waals surface area contributed by atoms with Crippen molar-refractivity contribution < 1.29 is 4.92 Å². The highest BCUT2D eigenvalue weighted by molar-refractivity contribution is 6.30. The molecular weight excluding hydrogens is 336 g/mol. The van der Waals surface area contributed by atoms with Gasteiger partial charge in [0.05, 0.1) is 11.0 Å². The van der Waals surface area contributed by atoms with Crippen molar-refractivity contribution in [2.24, 2.45) is 5.92 Å². The number of anilines is 1. The van der Waals surface area contributed by atoms with E-state index in [1.165, 1.54) is 0 Å². The van der Waals surface area contributed by atoms with Crippen LogP contribution >= 0.6 is 11.6 Å². The minimum atomic E-state index is -0.285. The quantitative estimate of drug-likeness (QED) is 0.428. The molecule has 0 fully saturated rings. The smallest absolute Gasteiger partial charge is 0.292 e. The van der Waals surface area contributed by atoms with E-state index < -0.39 is 0 Å². The molecule has 1 N–H and O–H groups in total. The number of hydrogen-bond donors (Lipinski definition) is 1. The fourth-order valence-electron chi connectivity index (χ4n) is 4.25. The molecular formula is C20H19ClN2O2. The number of benzene rings is 2. The van der Waals surface area contributed by atoms with E-state index in [1.54, 1.807) is 6.07 Å². The van der Waals surface area contributed by atoms with Crippen LogP contribution in [0.3, 0.4) is 0 Å². The van der Waals surface area contributed by atoms with Crippen molar-refractivity contribution in [1.29, 1.82) is 0 Å². The highest BCUT2D eigenvalue weighted by Gasteiger charge is 2.41. The molecule has 4 rings (SSSR count). The van der Waals surface area contributed by atoms with Crippen molar-refractivity contribution in [2.75, 3.05) is 5.32 Å². The molecule has 1 aliphatic carbocycles. The van der Waals surface area contributed by atoms with Gasteiger partial charge in [0.25, 0.3) is 5.69 Å². The first-order chi connectivity index (χ1) is 12.0. The van der Waals surface area contributed by atoms with E-state index in [0.717, 1.165) is 28.7 Å². The van der Waals surface area contributed by atoms with Gasteiger partial charge >= 0.3 is 0 Å². The topological polar surface area (TPSA) is 55.2 Å². The van der Waals surface area contributed by atoms with E-state index in [-0.39, 0.29) is 22.6 Å². The minimum Gasteiger partial charge on any atom is -0.372 e. The summed E-state index contributed by atoms with van der Waals surface area (Å²) >= 11 is 6.18. The van der Waals surface area contributed by atoms with Gasteiger partial charge in [-0.2, -0.15) is 0 Å². The lowest BCUT2D eigenvalue weighted by Gasteiger charge is -2.38. The first-order valence-corrected chi connectivity index (χ1v) is 8.82. The monoisotopic (exact) mass is 354 g/mol. The Kier molecular flexibility index (Phi) is 3.80. The molecule has 1 aliphatic heterocycles. The highest BCUT2D eigenvalue weighted by atomic mass is 35.5. The van der Waals surface area contributed by atoms with Crippen LogP contribution in [0.4, 0.5) is 11.4 Å². The molecule has 0 spiro atoms. The molecule has 25 heavy (non-hydrogen) atoms. The van der Waals surface area contributed by atoms with Gasteiger partial charge in [-0.1, -0.05) is 35.9 Å². The SMILES string of the molecule is Cc1cc([N+](=O)[O-])c2c(c1C)[C@@H]1C=CC[C@H]1[C@@H](c1cccc(Cl)c1)N2. The molecule has 4 nitrogen and oxygen atoms in total. The van der Waals surface area contributed by atoms with Gasteiger partial charge in [-0.15, -0.1) is 0 Å². The van der Waals surface area contributed by atoms with Crippen LogP contribution in [-0.2, 0) is 0 Å². The van der Waals surface area contributed by atoms with Crippen molar-refractivity contribution >= 4 is 23.0 Å². The number of hydrogen-bond acceptors (Lipinski definition) is 3. The van der Waals surface area contributed by atoms with E-state index in [2.05, 4.69) is 24.4 Å². The molecule has 0 radical (unpaired) electrons. The first-order valence-electron chi connectivity index (χ1n) is 8.44. The van der Waals surface area contributed by atoms with Crippen LogP contribution in [0.25, 0.3) is 0 Å². The lowest BCUT2D eigenvalue weighted by molar-refractivity contribution is -0.384. The predicted molar refractivity (Wildman–Crippen MR) is 100 cm³/mol. The number of nitrogens with one attached hydrogen (secondary N) is 1. The molecule has 2 aliphatic rings. The summed E-state index contributed by atoms with van der Waals surface area (Å²) in [5.74, 6) is 0.532. The molecule has 3 atom stereocenters. The third-order valence-electron chi connectivity index (χ3n) is 5.55. The second-order valence-electron chi connectivity index (χ2n) is 6.91. The summed E-state index contributed by atoms with van der Waals surface area (Å²) in [6.45, 7) is 4.00. The average Bonchev–Trinajstić information content (AvgIpc) is 3.06. The largest absolute Gasteiger partial charge is 0.372 e. The third-order valence-corrected chi connectivity index (χ3v) is 5.79. The number of halogens is 1. The number of nitro benzene ring substituents is 1. The zero-order valence-electron chi connectivity index (χ0n) is 14.1. The van der Waals surface area contributed by atoms with E-state index in [1.807, 2.05) is 31.2 Å². The van der Waals surface area contributed by atoms with Gasteiger partial charge in [0.2, 0.25) is 0 Å². The molecule has 2 aromatic rings. The molecule has 128 valence electrons. The number of nitrogens with zero attached hydrogens (tertiary/aromatic N) is 1. The van der Waals surface area contributed by atoms with Crippen molar-refractivity contribution in [2.45, 2.75) is 32.2 Å². The Labute approximate surface area is 151 Å².